The van der Waals surface area contributed by atoms with Crippen molar-refractivity contribution in [1.82, 2.24) is 9.55 Å². The topological polar surface area (TPSA) is 53.1 Å². The van der Waals surface area contributed by atoms with Gasteiger partial charge >= 0.3 is 0 Å². The maximum absolute atomic E-state index is 5.80. The van der Waals surface area contributed by atoms with Gasteiger partial charge in [0.1, 0.15) is 12.4 Å². The van der Waals surface area contributed by atoms with E-state index < -0.39 is 0 Å². The maximum atomic E-state index is 5.80. The molecule has 2 aromatic heterocycles. The van der Waals surface area contributed by atoms with E-state index in [1.54, 1.807) is 12.4 Å². The van der Waals surface area contributed by atoms with Gasteiger partial charge in [0.05, 0.1) is 11.9 Å². The average molecular weight is 253 g/mol. The van der Waals surface area contributed by atoms with E-state index in [0.717, 1.165) is 28.0 Å². The molecule has 2 heterocycles. The second-order valence-electron chi connectivity index (χ2n) is 4.49. The molecular weight excluding hydrogens is 238 g/mol. The van der Waals surface area contributed by atoms with Gasteiger partial charge in [-0.1, -0.05) is 0 Å². The maximum Gasteiger partial charge on any atom is 0.138 e. The van der Waals surface area contributed by atoms with E-state index in [0.29, 0.717) is 6.61 Å². The number of nitrogen functional groups attached to an aromatic ring is 1. The van der Waals surface area contributed by atoms with Crippen molar-refractivity contribution in [2.45, 2.75) is 6.61 Å². The molecule has 3 rings (SSSR count). The second-order valence-corrected chi connectivity index (χ2v) is 4.49. The zero-order valence-corrected chi connectivity index (χ0v) is 10.7. The van der Waals surface area contributed by atoms with Crippen LogP contribution >= 0.6 is 0 Å². The molecule has 19 heavy (non-hydrogen) atoms. The van der Waals surface area contributed by atoms with Crippen molar-refractivity contribution in [1.29, 1.82) is 0 Å². The van der Waals surface area contributed by atoms with Crippen LogP contribution in [0.25, 0.3) is 10.9 Å². The summed E-state index contributed by atoms with van der Waals surface area (Å²) in [6, 6.07) is 11.8. The summed E-state index contributed by atoms with van der Waals surface area (Å²) in [5, 5.41) is 1.13. The lowest BCUT2D eigenvalue weighted by Gasteiger charge is -2.06. The fraction of sp³-hybridized carbons (Fsp3) is 0.133. The van der Waals surface area contributed by atoms with Crippen molar-refractivity contribution in [3.8, 4) is 5.75 Å². The van der Waals surface area contributed by atoms with Gasteiger partial charge in [-0.15, -0.1) is 0 Å². The van der Waals surface area contributed by atoms with E-state index in [1.807, 2.05) is 37.4 Å². The molecule has 0 aliphatic carbocycles. The SMILES string of the molecule is Cn1c(COc2cccnc2)cc2cc(N)ccc21. The molecule has 4 nitrogen and oxygen atoms in total. The lowest BCUT2D eigenvalue weighted by atomic mass is 10.2. The zero-order valence-electron chi connectivity index (χ0n) is 10.7. The molecule has 2 N–H and O–H groups in total. The third kappa shape index (κ3) is 2.25. The molecule has 0 saturated heterocycles. The van der Waals surface area contributed by atoms with Gasteiger partial charge in [-0.25, -0.2) is 0 Å². The predicted octanol–water partition coefficient (Wildman–Crippen LogP) is 2.73. The molecule has 0 aliphatic heterocycles. The summed E-state index contributed by atoms with van der Waals surface area (Å²) in [5.74, 6) is 0.771. The quantitative estimate of drug-likeness (QED) is 0.730. The van der Waals surface area contributed by atoms with Gasteiger partial charge in [-0.05, 0) is 36.4 Å². The van der Waals surface area contributed by atoms with Crippen molar-refractivity contribution in [3.63, 3.8) is 0 Å². The molecule has 0 fully saturated rings. The molecule has 0 saturated carbocycles. The highest BCUT2D eigenvalue weighted by Gasteiger charge is 2.06. The number of benzene rings is 1. The number of anilines is 1. The lowest BCUT2D eigenvalue weighted by Crippen LogP contribution is -2.01. The summed E-state index contributed by atoms with van der Waals surface area (Å²) in [7, 11) is 2.03. The number of pyridine rings is 1. The molecule has 0 spiro atoms. The summed E-state index contributed by atoms with van der Waals surface area (Å²) >= 11 is 0. The zero-order chi connectivity index (χ0) is 13.2. The van der Waals surface area contributed by atoms with Crippen LogP contribution < -0.4 is 10.5 Å². The number of hydrogen-bond acceptors (Lipinski definition) is 3. The number of aryl methyl sites for hydroxylation is 1. The van der Waals surface area contributed by atoms with Gasteiger partial charge in [0, 0.05) is 29.8 Å². The second kappa shape index (κ2) is 4.65. The van der Waals surface area contributed by atoms with E-state index in [2.05, 4.69) is 15.6 Å². The Kier molecular flexibility index (Phi) is 2.83. The summed E-state index contributed by atoms with van der Waals surface area (Å²) in [4.78, 5) is 4.03. The van der Waals surface area contributed by atoms with Crippen LogP contribution in [0.5, 0.6) is 5.75 Å². The first kappa shape index (κ1) is 11.6. The van der Waals surface area contributed by atoms with Crippen molar-refractivity contribution < 1.29 is 4.74 Å². The first-order valence-electron chi connectivity index (χ1n) is 6.11. The highest BCUT2D eigenvalue weighted by atomic mass is 16.5. The third-order valence-electron chi connectivity index (χ3n) is 3.19. The lowest BCUT2D eigenvalue weighted by molar-refractivity contribution is 0.296. The van der Waals surface area contributed by atoms with E-state index in [1.165, 1.54) is 0 Å². The summed E-state index contributed by atoms with van der Waals surface area (Å²) in [6.45, 7) is 0.511. The van der Waals surface area contributed by atoms with Gasteiger partial charge in [0.25, 0.3) is 0 Å². The number of hydrogen-bond donors (Lipinski definition) is 1. The van der Waals surface area contributed by atoms with E-state index in [9.17, 15) is 0 Å². The minimum Gasteiger partial charge on any atom is -0.486 e. The van der Waals surface area contributed by atoms with Crippen molar-refractivity contribution in [2.75, 3.05) is 5.73 Å². The van der Waals surface area contributed by atoms with Crippen LogP contribution in [0.15, 0.2) is 48.8 Å². The Morgan fingerprint density at radius 3 is 2.95 bits per heavy atom. The van der Waals surface area contributed by atoms with E-state index in [-0.39, 0.29) is 0 Å². The number of aromatic nitrogens is 2. The third-order valence-corrected chi connectivity index (χ3v) is 3.19. The van der Waals surface area contributed by atoms with E-state index >= 15 is 0 Å². The van der Waals surface area contributed by atoms with Crippen LogP contribution in [0.1, 0.15) is 5.69 Å². The number of fused-ring (bicyclic) bond motifs is 1. The van der Waals surface area contributed by atoms with Crippen molar-refractivity contribution in [3.05, 3.63) is 54.5 Å². The monoisotopic (exact) mass is 253 g/mol. The van der Waals surface area contributed by atoms with Crippen LogP contribution in [0.3, 0.4) is 0 Å². The van der Waals surface area contributed by atoms with Crippen LogP contribution in [-0.4, -0.2) is 9.55 Å². The fourth-order valence-corrected chi connectivity index (χ4v) is 2.15. The minimum atomic E-state index is 0.511. The molecule has 0 unspecified atom stereocenters. The Bertz CT molecular complexity index is 704. The van der Waals surface area contributed by atoms with Crippen LogP contribution in [0, 0.1) is 0 Å². The standard InChI is InChI=1S/C15H15N3O/c1-18-13(10-19-14-3-2-6-17-9-14)8-11-7-12(16)4-5-15(11)18/h2-9H,10,16H2,1H3. The first-order valence-corrected chi connectivity index (χ1v) is 6.11. The summed E-state index contributed by atoms with van der Waals surface area (Å²) < 4.78 is 7.83. The molecule has 4 heteroatoms. The summed E-state index contributed by atoms with van der Waals surface area (Å²) in [6.07, 6.45) is 3.44. The van der Waals surface area contributed by atoms with Crippen molar-refractivity contribution in [2.24, 2.45) is 7.05 Å². The van der Waals surface area contributed by atoms with Crippen LogP contribution in [-0.2, 0) is 13.7 Å². The average Bonchev–Trinajstić information content (AvgIpc) is 2.74. The van der Waals surface area contributed by atoms with Crippen LogP contribution in [0.2, 0.25) is 0 Å². The first-order chi connectivity index (χ1) is 9.24. The molecular formula is C15H15N3O. The minimum absolute atomic E-state index is 0.511. The smallest absolute Gasteiger partial charge is 0.138 e. The van der Waals surface area contributed by atoms with Gasteiger partial charge in [0.15, 0.2) is 0 Å². The van der Waals surface area contributed by atoms with Crippen LogP contribution in [0.4, 0.5) is 5.69 Å². The highest BCUT2D eigenvalue weighted by Crippen LogP contribution is 2.22. The Hall–Kier alpha value is -2.49. The highest BCUT2D eigenvalue weighted by molar-refractivity contribution is 5.84. The molecule has 3 aromatic rings. The number of nitrogens with zero attached hydrogens (tertiary/aromatic N) is 2. The number of rotatable bonds is 3. The molecule has 1 aromatic carbocycles. The molecule has 96 valence electrons. The van der Waals surface area contributed by atoms with Crippen molar-refractivity contribution >= 4 is 16.6 Å². The Morgan fingerprint density at radius 2 is 2.16 bits per heavy atom. The Morgan fingerprint density at radius 1 is 1.26 bits per heavy atom. The number of nitrogens with two attached hydrogens (primary N) is 1. The van der Waals surface area contributed by atoms with E-state index in [4.69, 9.17) is 10.5 Å². The molecule has 0 radical (unpaired) electrons. The predicted molar refractivity (Wildman–Crippen MR) is 75.9 cm³/mol. The molecule has 0 aliphatic rings. The number of ether oxygens (including phenoxy) is 1. The van der Waals surface area contributed by atoms with Gasteiger partial charge < -0.3 is 15.0 Å². The Balaban J connectivity index is 1.87. The fourth-order valence-electron chi connectivity index (χ4n) is 2.15. The molecule has 0 atom stereocenters. The van der Waals surface area contributed by atoms with Gasteiger partial charge in [-0.2, -0.15) is 0 Å². The summed E-state index contributed by atoms with van der Waals surface area (Å²) in [5.41, 5.74) is 8.83. The molecule has 0 amide bonds. The largest absolute Gasteiger partial charge is 0.486 e. The van der Waals surface area contributed by atoms with Gasteiger partial charge in [-0.3, -0.25) is 4.98 Å². The molecule has 0 bridgehead atoms. The van der Waals surface area contributed by atoms with Gasteiger partial charge in [0.2, 0.25) is 0 Å². The Labute approximate surface area is 111 Å². The normalized spacial score (nSPS) is 10.8.